The summed E-state index contributed by atoms with van der Waals surface area (Å²) in [4.78, 5) is 16.3. The molecule has 2 rings (SSSR count). The first kappa shape index (κ1) is 14.8. The number of amides is 1. The first-order valence-electron chi connectivity index (χ1n) is 6.64. The molecule has 0 bridgehead atoms. The number of carbonyl (C=O) groups is 1. The van der Waals surface area contributed by atoms with Crippen molar-refractivity contribution in [3.63, 3.8) is 0 Å². The monoisotopic (exact) mass is 279 g/mol. The van der Waals surface area contributed by atoms with E-state index >= 15 is 0 Å². The predicted octanol–water partition coefficient (Wildman–Crippen LogP) is 2.26. The van der Waals surface area contributed by atoms with Crippen LogP contribution < -0.4 is 11.1 Å². The standard InChI is InChI=1S/C17H17N3O/c1-12-10-15(7-6-14(12)4-3-9-18)17(21)20-16-8-5-13(2)19-11-16/h5-8,10-11H,9,18H2,1-2H3,(H,20,21). The van der Waals surface area contributed by atoms with Gasteiger partial charge in [-0.2, -0.15) is 0 Å². The van der Waals surface area contributed by atoms with Gasteiger partial charge in [0.15, 0.2) is 0 Å². The number of carbonyl (C=O) groups excluding carboxylic acids is 1. The van der Waals surface area contributed by atoms with Crippen molar-refractivity contribution < 1.29 is 4.79 Å². The summed E-state index contributed by atoms with van der Waals surface area (Å²) in [5.74, 6) is 5.62. The van der Waals surface area contributed by atoms with E-state index in [1.807, 2.05) is 38.1 Å². The molecule has 21 heavy (non-hydrogen) atoms. The minimum atomic E-state index is -0.165. The van der Waals surface area contributed by atoms with Crippen LogP contribution in [0, 0.1) is 25.7 Å². The number of hydrogen-bond donors (Lipinski definition) is 2. The Morgan fingerprint density at radius 3 is 2.71 bits per heavy atom. The van der Waals surface area contributed by atoms with Crippen LogP contribution in [-0.4, -0.2) is 17.4 Å². The van der Waals surface area contributed by atoms with Crippen LogP contribution in [0.4, 0.5) is 5.69 Å². The van der Waals surface area contributed by atoms with Crippen LogP contribution in [0.1, 0.15) is 27.2 Å². The molecule has 0 radical (unpaired) electrons. The molecule has 0 saturated carbocycles. The van der Waals surface area contributed by atoms with Gasteiger partial charge < -0.3 is 11.1 Å². The van der Waals surface area contributed by atoms with Gasteiger partial charge in [-0.15, -0.1) is 0 Å². The van der Waals surface area contributed by atoms with E-state index in [9.17, 15) is 4.79 Å². The van der Waals surface area contributed by atoms with Gasteiger partial charge in [0.05, 0.1) is 18.4 Å². The van der Waals surface area contributed by atoms with Crippen LogP contribution in [0.3, 0.4) is 0 Å². The van der Waals surface area contributed by atoms with E-state index in [0.717, 1.165) is 16.8 Å². The quantitative estimate of drug-likeness (QED) is 0.829. The van der Waals surface area contributed by atoms with Gasteiger partial charge >= 0.3 is 0 Å². The van der Waals surface area contributed by atoms with Gasteiger partial charge in [-0.1, -0.05) is 11.8 Å². The van der Waals surface area contributed by atoms with Gasteiger partial charge in [-0.05, 0) is 49.7 Å². The van der Waals surface area contributed by atoms with E-state index in [1.165, 1.54) is 0 Å². The van der Waals surface area contributed by atoms with Crippen LogP contribution in [0.25, 0.3) is 0 Å². The van der Waals surface area contributed by atoms with Gasteiger partial charge in [0.25, 0.3) is 5.91 Å². The summed E-state index contributed by atoms with van der Waals surface area (Å²) in [5, 5.41) is 2.82. The molecule has 0 aliphatic heterocycles. The topological polar surface area (TPSA) is 68.0 Å². The maximum Gasteiger partial charge on any atom is 0.255 e. The summed E-state index contributed by atoms with van der Waals surface area (Å²) in [6.45, 7) is 4.14. The lowest BCUT2D eigenvalue weighted by Crippen LogP contribution is -2.12. The Balaban J connectivity index is 2.16. The second-order valence-electron chi connectivity index (χ2n) is 4.68. The van der Waals surface area contributed by atoms with Crippen molar-refractivity contribution in [1.82, 2.24) is 4.98 Å². The van der Waals surface area contributed by atoms with Crippen molar-refractivity contribution >= 4 is 11.6 Å². The van der Waals surface area contributed by atoms with Crippen LogP contribution in [0.15, 0.2) is 36.5 Å². The highest BCUT2D eigenvalue weighted by Crippen LogP contribution is 2.13. The van der Waals surface area contributed by atoms with Crippen LogP contribution in [-0.2, 0) is 0 Å². The third-order valence-corrected chi connectivity index (χ3v) is 2.98. The molecule has 0 unspecified atom stereocenters. The van der Waals surface area contributed by atoms with E-state index in [2.05, 4.69) is 22.1 Å². The normalized spacial score (nSPS) is 9.67. The van der Waals surface area contributed by atoms with Crippen molar-refractivity contribution in [2.24, 2.45) is 5.73 Å². The first-order chi connectivity index (χ1) is 10.1. The second kappa shape index (κ2) is 6.69. The Morgan fingerprint density at radius 1 is 1.29 bits per heavy atom. The Morgan fingerprint density at radius 2 is 2.10 bits per heavy atom. The highest BCUT2D eigenvalue weighted by atomic mass is 16.1. The average molecular weight is 279 g/mol. The summed E-state index contributed by atoms with van der Waals surface area (Å²) in [7, 11) is 0. The van der Waals surface area contributed by atoms with Crippen LogP contribution in [0.2, 0.25) is 0 Å². The number of benzene rings is 1. The molecular weight excluding hydrogens is 262 g/mol. The lowest BCUT2D eigenvalue weighted by molar-refractivity contribution is 0.102. The molecule has 4 heteroatoms. The fourth-order valence-corrected chi connectivity index (χ4v) is 1.84. The molecule has 0 aliphatic carbocycles. The summed E-state index contributed by atoms with van der Waals surface area (Å²) < 4.78 is 0. The van der Waals surface area contributed by atoms with Crippen LogP contribution in [0.5, 0.6) is 0 Å². The number of aromatic nitrogens is 1. The van der Waals surface area contributed by atoms with Gasteiger partial charge in [-0.3, -0.25) is 9.78 Å². The van der Waals surface area contributed by atoms with Crippen molar-refractivity contribution in [3.05, 3.63) is 58.9 Å². The summed E-state index contributed by atoms with van der Waals surface area (Å²) in [5.41, 5.74) is 9.36. The molecular formula is C17H17N3O. The van der Waals surface area contributed by atoms with Crippen LogP contribution >= 0.6 is 0 Å². The molecule has 3 N–H and O–H groups in total. The van der Waals surface area contributed by atoms with E-state index < -0.39 is 0 Å². The Kier molecular flexibility index (Phi) is 4.70. The van der Waals surface area contributed by atoms with Crippen molar-refractivity contribution in [1.29, 1.82) is 0 Å². The molecule has 0 spiro atoms. The van der Waals surface area contributed by atoms with E-state index in [0.29, 0.717) is 17.8 Å². The molecule has 0 saturated heterocycles. The molecule has 2 aromatic rings. The number of anilines is 1. The zero-order valence-electron chi connectivity index (χ0n) is 12.1. The molecule has 1 amide bonds. The van der Waals surface area contributed by atoms with Crippen molar-refractivity contribution in [3.8, 4) is 11.8 Å². The molecule has 1 heterocycles. The highest BCUT2D eigenvalue weighted by Gasteiger charge is 2.07. The van der Waals surface area contributed by atoms with Gasteiger partial charge in [0, 0.05) is 16.8 Å². The summed E-state index contributed by atoms with van der Waals surface area (Å²) in [6.07, 6.45) is 1.64. The molecule has 0 aliphatic rings. The van der Waals surface area contributed by atoms with Crippen molar-refractivity contribution in [2.45, 2.75) is 13.8 Å². The zero-order chi connectivity index (χ0) is 15.2. The summed E-state index contributed by atoms with van der Waals surface area (Å²) in [6, 6.07) is 9.09. The Hall–Kier alpha value is -2.64. The maximum atomic E-state index is 12.2. The van der Waals surface area contributed by atoms with Crippen molar-refractivity contribution in [2.75, 3.05) is 11.9 Å². The molecule has 106 valence electrons. The lowest BCUT2D eigenvalue weighted by atomic mass is 10.0. The van der Waals surface area contributed by atoms with E-state index in [1.54, 1.807) is 12.3 Å². The number of nitrogens with one attached hydrogen (secondary N) is 1. The van der Waals surface area contributed by atoms with E-state index in [-0.39, 0.29) is 5.91 Å². The summed E-state index contributed by atoms with van der Waals surface area (Å²) >= 11 is 0. The predicted molar refractivity (Wildman–Crippen MR) is 84.0 cm³/mol. The highest BCUT2D eigenvalue weighted by molar-refractivity contribution is 6.04. The fourth-order valence-electron chi connectivity index (χ4n) is 1.84. The molecule has 4 nitrogen and oxygen atoms in total. The minimum Gasteiger partial charge on any atom is -0.321 e. The van der Waals surface area contributed by atoms with Gasteiger partial charge in [0.2, 0.25) is 0 Å². The Bertz CT molecular complexity index is 709. The second-order valence-corrected chi connectivity index (χ2v) is 4.68. The third kappa shape index (κ3) is 3.91. The SMILES string of the molecule is Cc1ccc(NC(=O)c2ccc(C#CCN)c(C)c2)cn1. The minimum absolute atomic E-state index is 0.165. The number of aryl methyl sites for hydroxylation is 2. The zero-order valence-corrected chi connectivity index (χ0v) is 12.1. The number of hydrogen-bond acceptors (Lipinski definition) is 3. The first-order valence-corrected chi connectivity index (χ1v) is 6.64. The van der Waals surface area contributed by atoms with Gasteiger partial charge in [-0.25, -0.2) is 0 Å². The third-order valence-electron chi connectivity index (χ3n) is 2.98. The largest absolute Gasteiger partial charge is 0.321 e. The van der Waals surface area contributed by atoms with E-state index in [4.69, 9.17) is 5.73 Å². The lowest BCUT2D eigenvalue weighted by Gasteiger charge is -2.07. The number of nitrogens with zero attached hydrogens (tertiary/aromatic N) is 1. The Labute approximate surface area is 124 Å². The molecule has 1 aromatic heterocycles. The smallest absolute Gasteiger partial charge is 0.255 e. The molecule has 0 fully saturated rings. The molecule has 1 aromatic carbocycles. The number of rotatable bonds is 2. The number of nitrogens with two attached hydrogens (primary N) is 1. The average Bonchev–Trinajstić information content (AvgIpc) is 2.48. The fraction of sp³-hybridized carbons (Fsp3) is 0.176. The molecule has 0 atom stereocenters. The van der Waals surface area contributed by atoms with Gasteiger partial charge in [0.1, 0.15) is 0 Å². The maximum absolute atomic E-state index is 12.2. The number of pyridine rings is 1.